The highest BCUT2D eigenvalue weighted by atomic mass is 32.2. The predicted molar refractivity (Wildman–Crippen MR) is 313 cm³/mol. The minimum Gasteiger partial charge on any atom is -0.480 e. The zero-order valence-electron chi connectivity index (χ0n) is 49.7. The van der Waals surface area contributed by atoms with E-state index in [0.29, 0.717) is 50.8 Å². The van der Waals surface area contributed by atoms with Crippen LogP contribution in [-0.2, 0) is 57.5 Å². The van der Waals surface area contributed by atoms with Crippen molar-refractivity contribution in [2.45, 2.75) is 171 Å². The van der Waals surface area contributed by atoms with Gasteiger partial charge in [0.05, 0.1) is 32.4 Å². The fraction of sp³-hybridized carbons (Fsp3) is 0.755. The van der Waals surface area contributed by atoms with E-state index >= 15 is 0 Å². The molecular weight excluding hydrogens is 1150 g/mol. The molecule has 3 fully saturated rings. The molecule has 11 atom stereocenters. The van der Waals surface area contributed by atoms with E-state index < -0.39 is 170 Å². The first-order valence-electron chi connectivity index (χ1n) is 29.2. The lowest BCUT2D eigenvalue weighted by molar-refractivity contribution is -0.145. The van der Waals surface area contributed by atoms with E-state index in [4.69, 9.17) is 17.2 Å². The number of nitrogens with two attached hydrogens (primary N) is 3. The normalized spacial score (nSPS) is 19.3. The molecule has 3 aliphatic rings. The highest BCUT2D eigenvalue weighted by Crippen LogP contribution is 2.23. The van der Waals surface area contributed by atoms with Crippen molar-refractivity contribution in [3.63, 3.8) is 0 Å². The summed E-state index contributed by atoms with van der Waals surface area (Å²) in [5.74, 6) is -11.0. The Kier molecular flexibility index (Phi) is 32.0. The molecule has 0 aromatic carbocycles. The molecule has 0 aromatic rings. The predicted octanol–water partition coefficient (Wildman–Crippen LogP) is -6.98. The maximum absolute atomic E-state index is 14.2. The van der Waals surface area contributed by atoms with Gasteiger partial charge in [0.15, 0.2) is 5.96 Å². The van der Waals surface area contributed by atoms with Crippen molar-refractivity contribution in [3.05, 3.63) is 0 Å². The van der Waals surface area contributed by atoms with Crippen molar-refractivity contribution < 1.29 is 78.0 Å². The van der Waals surface area contributed by atoms with Gasteiger partial charge in [0, 0.05) is 19.6 Å². The van der Waals surface area contributed by atoms with Gasteiger partial charge in [-0.25, -0.2) is 4.79 Å². The van der Waals surface area contributed by atoms with Crippen LogP contribution in [0.15, 0.2) is 4.99 Å². The first kappa shape index (κ1) is 73.3. The molecular formula is C53H92N16O16S. The summed E-state index contributed by atoms with van der Waals surface area (Å²) in [5.41, 5.74) is 16.7. The number of carbonyl (C=O) groups excluding carboxylic acids is 11. The van der Waals surface area contributed by atoms with Crippen molar-refractivity contribution >= 4 is 88.7 Å². The number of aliphatic hydroxyl groups excluding tert-OH is 3. The molecule has 0 aromatic heterocycles. The van der Waals surface area contributed by atoms with E-state index in [1.54, 1.807) is 20.1 Å². The number of rotatable bonds is 37. The van der Waals surface area contributed by atoms with E-state index in [9.17, 15) is 78.0 Å². The van der Waals surface area contributed by atoms with Gasteiger partial charge in [-0.1, -0.05) is 27.7 Å². The summed E-state index contributed by atoms with van der Waals surface area (Å²) in [7, 11) is 0. The lowest BCUT2D eigenvalue weighted by Gasteiger charge is -2.32. The smallest absolute Gasteiger partial charge is 0.328 e. The maximum Gasteiger partial charge on any atom is 0.328 e. The van der Waals surface area contributed by atoms with Gasteiger partial charge in [-0.15, -0.1) is 0 Å². The molecule has 3 aliphatic heterocycles. The van der Waals surface area contributed by atoms with Crippen LogP contribution in [0.5, 0.6) is 0 Å². The van der Waals surface area contributed by atoms with Gasteiger partial charge in [0.1, 0.15) is 60.4 Å². The van der Waals surface area contributed by atoms with Crippen LogP contribution in [0.4, 0.5) is 0 Å². The van der Waals surface area contributed by atoms with Crippen molar-refractivity contribution in [1.82, 2.24) is 63.0 Å². The van der Waals surface area contributed by atoms with E-state index in [0.717, 1.165) is 6.42 Å². The topological polar surface area (TPSA) is 503 Å². The number of nitrogens with one attached hydrogen (secondary N) is 10. The lowest BCUT2D eigenvalue weighted by atomic mass is 10.0. The van der Waals surface area contributed by atoms with E-state index in [1.807, 2.05) is 0 Å². The zero-order chi connectivity index (χ0) is 64.2. The Morgan fingerprint density at radius 1 is 0.570 bits per heavy atom. The molecule has 20 N–H and O–H groups in total. The largest absolute Gasteiger partial charge is 0.480 e. The maximum atomic E-state index is 14.2. The number of aliphatic carboxylic acids is 1. The number of likely N-dealkylation sites (tertiary alicyclic amines) is 2. The van der Waals surface area contributed by atoms with Crippen molar-refractivity contribution in [3.8, 4) is 0 Å². The quantitative estimate of drug-likeness (QED) is 0.0156. The van der Waals surface area contributed by atoms with Crippen LogP contribution in [0.2, 0.25) is 0 Å². The molecule has 0 saturated carbocycles. The van der Waals surface area contributed by atoms with Crippen LogP contribution >= 0.6 is 11.8 Å². The minimum atomic E-state index is -1.67. The number of carboxylic acids is 1. The number of aliphatic imine (C=N–C) groups is 1. The van der Waals surface area contributed by atoms with Crippen molar-refractivity contribution in [2.75, 3.05) is 71.1 Å². The van der Waals surface area contributed by atoms with Gasteiger partial charge in [-0.2, -0.15) is 11.8 Å². The fourth-order valence-corrected chi connectivity index (χ4v) is 10.4. The molecule has 11 amide bonds. The highest BCUT2D eigenvalue weighted by Gasteiger charge is 2.43. The average molecular weight is 1240 g/mol. The van der Waals surface area contributed by atoms with Crippen LogP contribution in [0, 0.1) is 11.8 Å². The Bertz CT molecular complexity index is 2360. The molecule has 0 unspecified atom stereocenters. The van der Waals surface area contributed by atoms with E-state index in [-0.39, 0.29) is 70.1 Å². The summed E-state index contributed by atoms with van der Waals surface area (Å²) in [6.45, 7) is 4.06. The van der Waals surface area contributed by atoms with Gasteiger partial charge in [0.2, 0.25) is 65.0 Å². The molecule has 486 valence electrons. The monoisotopic (exact) mass is 1240 g/mol. The number of hydrogen-bond donors (Lipinski definition) is 17. The molecule has 0 radical (unpaired) electrons. The number of guanidine groups is 1. The Hall–Kier alpha value is -6.94. The summed E-state index contributed by atoms with van der Waals surface area (Å²) in [5, 5.41) is 64.7. The van der Waals surface area contributed by atoms with Gasteiger partial charge in [-0.05, 0) is 114 Å². The number of thioether (sulfide) groups is 1. The summed E-state index contributed by atoms with van der Waals surface area (Å²) in [6.07, 6.45) is 5.71. The number of amides is 11. The SMILES string of the molecule is CSCC[C@@H](NC(=O)[C@@H](CCCCN)NC(=O)[C@H]1CCCN1C(=O)[C@@H](CO)NC(=O)[C@H]1CCCN1C(=O)[C@@H](CCCN=C(N)N)NC(=O)[C@H]1CCCN1)C(=O)NCC(=O)N[C@@H](C(=O)N[C@H](CO)C(=O)N[C@@H](C(=O)N[C@H](CO)C(=O)O)C(C)C)C(C)C. The van der Waals surface area contributed by atoms with Gasteiger partial charge in [0.25, 0.3) is 0 Å². The third-order valence-corrected chi connectivity index (χ3v) is 15.4. The van der Waals surface area contributed by atoms with Crippen molar-refractivity contribution in [2.24, 2.45) is 34.0 Å². The second-order valence-electron chi connectivity index (χ2n) is 22.0. The number of nitrogens with zero attached hydrogens (tertiary/aromatic N) is 3. The standard InChI is InChI=1S/C53H92N16O16S/c1-28(2)40(48(80)63-34(25-70)45(77)67-41(29(3)4)49(81)65-36(27-72)52(84)85)66-39(73)24-59-42(74)32(17-23-86-5)60-44(76)31(12-6-7-18-54)61-46(78)37-15-11-22-69(37)51(83)35(26-71)64-47(79)38-16-10-21-68(38)50(82)33(14-9-20-58-53(55)56)62-43(75)30-13-8-19-57-30/h28-38,40-41,57,70-72H,6-27,54H2,1-5H3,(H,59,74)(H,60,76)(H,61,78)(H,62,75)(H,63,80)(H,64,79)(H,65,81)(H,66,73)(H,67,77)(H,84,85)(H4,55,56,58)/t30-,31-,32-,33-,34-,35-,36-,37-,38-,40-,41-/m1/s1. The molecule has 0 aliphatic carbocycles. The Morgan fingerprint density at radius 3 is 1.58 bits per heavy atom. The van der Waals surface area contributed by atoms with E-state index in [1.165, 1.54) is 35.4 Å². The van der Waals surface area contributed by atoms with Gasteiger partial charge in [-0.3, -0.25) is 57.7 Å². The summed E-state index contributed by atoms with van der Waals surface area (Å²) in [4.78, 5) is 168. The van der Waals surface area contributed by atoms with Crippen LogP contribution < -0.4 is 70.4 Å². The molecule has 3 rings (SSSR count). The highest BCUT2D eigenvalue weighted by molar-refractivity contribution is 7.98. The Labute approximate surface area is 504 Å². The number of carbonyl (C=O) groups is 12. The summed E-state index contributed by atoms with van der Waals surface area (Å²) >= 11 is 1.35. The molecule has 0 spiro atoms. The molecule has 33 heteroatoms. The third-order valence-electron chi connectivity index (χ3n) is 14.8. The Balaban J connectivity index is 1.69. The van der Waals surface area contributed by atoms with Gasteiger partial charge < -0.3 is 101 Å². The number of carboxylic acid groups (broad SMARTS) is 1. The molecule has 0 bridgehead atoms. The summed E-state index contributed by atoms with van der Waals surface area (Å²) in [6, 6.07) is -13.8. The van der Waals surface area contributed by atoms with Crippen LogP contribution in [0.25, 0.3) is 0 Å². The van der Waals surface area contributed by atoms with Crippen LogP contribution in [0.3, 0.4) is 0 Å². The first-order chi connectivity index (χ1) is 40.8. The van der Waals surface area contributed by atoms with Crippen LogP contribution in [0.1, 0.15) is 105 Å². The lowest BCUT2D eigenvalue weighted by Crippen LogP contribution is -2.61. The number of unbranched alkanes of at least 4 members (excludes halogenated alkanes) is 1. The third kappa shape index (κ3) is 23.1. The molecule has 3 saturated heterocycles. The zero-order valence-corrected chi connectivity index (χ0v) is 50.5. The van der Waals surface area contributed by atoms with Crippen LogP contribution in [-0.4, -0.2) is 245 Å². The number of aliphatic hydroxyl groups is 3. The molecule has 32 nitrogen and oxygen atoms in total. The Morgan fingerprint density at radius 2 is 1.07 bits per heavy atom. The minimum absolute atomic E-state index is 0.0539. The second kappa shape index (κ2) is 37.6. The van der Waals surface area contributed by atoms with Gasteiger partial charge >= 0.3 is 5.97 Å². The molecule has 3 heterocycles. The molecule has 86 heavy (non-hydrogen) atoms. The fourth-order valence-electron chi connectivity index (χ4n) is 9.95. The second-order valence-corrected chi connectivity index (χ2v) is 23.0. The number of hydrogen-bond acceptors (Lipinski definition) is 19. The van der Waals surface area contributed by atoms with E-state index in [2.05, 4.69) is 58.2 Å². The summed E-state index contributed by atoms with van der Waals surface area (Å²) < 4.78 is 0. The average Bonchev–Trinajstić information content (AvgIpc) is 2.48. The first-order valence-corrected chi connectivity index (χ1v) is 30.6. The van der Waals surface area contributed by atoms with Crippen molar-refractivity contribution in [1.29, 1.82) is 0 Å².